The first-order chi connectivity index (χ1) is 10.1. The highest BCUT2D eigenvalue weighted by Crippen LogP contribution is 2.23. The van der Waals surface area contributed by atoms with Gasteiger partial charge in [0, 0.05) is 17.1 Å². The highest BCUT2D eigenvalue weighted by atomic mass is 35.5. The molecule has 2 amide bonds. The van der Waals surface area contributed by atoms with E-state index in [2.05, 4.69) is 10.6 Å². The molecule has 0 fully saturated rings. The molecule has 2 rings (SSSR count). The average molecular weight is 307 g/mol. The summed E-state index contributed by atoms with van der Waals surface area (Å²) >= 11 is 5.82. The van der Waals surface area contributed by atoms with Crippen molar-refractivity contribution in [2.24, 2.45) is 0 Å². The molecule has 1 aromatic carbocycles. The zero-order chi connectivity index (χ0) is 15.2. The molecular weight excluding hydrogens is 292 g/mol. The van der Waals surface area contributed by atoms with Crippen molar-refractivity contribution >= 4 is 23.4 Å². The van der Waals surface area contributed by atoms with E-state index in [-0.39, 0.29) is 18.2 Å². The number of rotatable bonds is 5. The van der Waals surface area contributed by atoms with Crippen molar-refractivity contribution in [3.05, 3.63) is 47.2 Å². The van der Waals surface area contributed by atoms with Crippen molar-refractivity contribution in [1.82, 2.24) is 10.6 Å². The molecule has 0 saturated heterocycles. The fourth-order valence-corrected chi connectivity index (χ4v) is 1.86. The fourth-order valence-electron chi connectivity index (χ4n) is 1.74. The van der Waals surface area contributed by atoms with Crippen LogP contribution in [0.4, 0.5) is 0 Å². The Bertz CT molecular complexity index is 635. The number of likely N-dealkylation sites (N-methyl/N-ethyl adjacent to an activating group) is 1. The summed E-state index contributed by atoms with van der Waals surface area (Å²) < 4.78 is 5.48. The van der Waals surface area contributed by atoms with Crippen LogP contribution in [0.25, 0.3) is 11.3 Å². The molecule has 0 unspecified atom stereocenters. The average Bonchev–Trinajstić information content (AvgIpc) is 2.96. The number of carbonyl (C=O) groups is 2. The van der Waals surface area contributed by atoms with E-state index in [4.69, 9.17) is 16.0 Å². The first kappa shape index (κ1) is 15.1. The van der Waals surface area contributed by atoms with E-state index in [0.717, 1.165) is 5.56 Å². The van der Waals surface area contributed by atoms with Crippen LogP contribution in [0.15, 0.2) is 40.8 Å². The van der Waals surface area contributed by atoms with Gasteiger partial charge in [0.15, 0.2) is 5.76 Å². The Labute approximate surface area is 127 Å². The second-order valence-electron chi connectivity index (χ2n) is 4.31. The summed E-state index contributed by atoms with van der Waals surface area (Å²) in [7, 11) is 0. The summed E-state index contributed by atoms with van der Waals surface area (Å²) in [4.78, 5) is 23.1. The van der Waals surface area contributed by atoms with E-state index in [0.29, 0.717) is 17.3 Å². The second-order valence-corrected chi connectivity index (χ2v) is 4.74. The summed E-state index contributed by atoms with van der Waals surface area (Å²) in [5.41, 5.74) is 0.821. The Hall–Kier alpha value is -2.27. The lowest BCUT2D eigenvalue weighted by Gasteiger charge is -2.03. The molecule has 0 saturated carbocycles. The zero-order valence-electron chi connectivity index (χ0n) is 11.5. The third kappa shape index (κ3) is 4.10. The van der Waals surface area contributed by atoms with Gasteiger partial charge >= 0.3 is 0 Å². The minimum Gasteiger partial charge on any atom is -0.451 e. The van der Waals surface area contributed by atoms with Gasteiger partial charge < -0.3 is 15.1 Å². The minimum absolute atomic E-state index is 0.0797. The van der Waals surface area contributed by atoms with E-state index in [9.17, 15) is 9.59 Å². The molecule has 5 nitrogen and oxygen atoms in total. The van der Waals surface area contributed by atoms with Gasteiger partial charge in [-0.25, -0.2) is 0 Å². The molecule has 0 bridgehead atoms. The number of benzene rings is 1. The van der Waals surface area contributed by atoms with Gasteiger partial charge in [-0.2, -0.15) is 0 Å². The summed E-state index contributed by atoms with van der Waals surface area (Å²) in [5, 5.41) is 5.71. The largest absolute Gasteiger partial charge is 0.451 e. The Balaban J connectivity index is 2.00. The Kier molecular flexibility index (Phi) is 5.00. The van der Waals surface area contributed by atoms with Gasteiger partial charge in [0.1, 0.15) is 5.76 Å². The standard InChI is InChI=1S/C15H15ClN2O3/c1-2-17-14(19)9-18-15(20)13-8-7-12(21-13)10-3-5-11(16)6-4-10/h3-8H,2,9H2,1H3,(H,17,19)(H,18,20). The number of halogens is 1. The van der Waals surface area contributed by atoms with Crippen LogP contribution in [0.5, 0.6) is 0 Å². The van der Waals surface area contributed by atoms with Crippen LogP contribution in [-0.4, -0.2) is 24.9 Å². The maximum Gasteiger partial charge on any atom is 0.287 e. The number of carbonyl (C=O) groups excluding carboxylic acids is 2. The van der Waals surface area contributed by atoms with Gasteiger partial charge in [-0.1, -0.05) is 11.6 Å². The predicted octanol–water partition coefficient (Wildman–Crippen LogP) is 2.47. The van der Waals surface area contributed by atoms with Crippen molar-refractivity contribution in [3.8, 4) is 11.3 Å². The number of nitrogens with one attached hydrogen (secondary N) is 2. The summed E-state index contributed by atoms with van der Waals surface area (Å²) in [6.07, 6.45) is 0. The predicted molar refractivity (Wildman–Crippen MR) is 80.2 cm³/mol. The normalized spacial score (nSPS) is 10.2. The molecule has 2 N–H and O–H groups in total. The van der Waals surface area contributed by atoms with Gasteiger partial charge in [-0.05, 0) is 43.3 Å². The van der Waals surface area contributed by atoms with Crippen LogP contribution in [0.2, 0.25) is 5.02 Å². The Morgan fingerprint density at radius 1 is 1.10 bits per heavy atom. The highest BCUT2D eigenvalue weighted by Gasteiger charge is 2.13. The van der Waals surface area contributed by atoms with Crippen LogP contribution in [0, 0.1) is 0 Å². The highest BCUT2D eigenvalue weighted by molar-refractivity contribution is 6.30. The first-order valence-corrected chi connectivity index (χ1v) is 6.88. The van der Waals surface area contributed by atoms with Crippen LogP contribution < -0.4 is 10.6 Å². The lowest BCUT2D eigenvalue weighted by Crippen LogP contribution is -2.36. The van der Waals surface area contributed by atoms with Gasteiger partial charge in [-0.3, -0.25) is 9.59 Å². The molecule has 0 atom stereocenters. The van der Waals surface area contributed by atoms with Crippen molar-refractivity contribution in [2.45, 2.75) is 6.92 Å². The molecular formula is C15H15ClN2O3. The molecule has 0 aliphatic carbocycles. The SMILES string of the molecule is CCNC(=O)CNC(=O)c1ccc(-c2ccc(Cl)cc2)o1. The van der Waals surface area contributed by atoms with E-state index < -0.39 is 5.91 Å². The maximum absolute atomic E-state index is 11.8. The zero-order valence-corrected chi connectivity index (χ0v) is 12.2. The number of amides is 2. The number of furan rings is 1. The fraction of sp³-hybridized carbons (Fsp3) is 0.200. The van der Waals surface area contributed by atoms with Crippen molar-refractivity contribution in [3.63, 3.8) is 0 Å². The molecule has 1 heterocycles. The van der Waals surface area contributed by atoms with Gasteiger partial charge in [0.25, 0.3) is 5.91 Å². The molecule has 0 aliphatic rings. The lowest BCUT2D eigenvalue weighted by atomic mass is 10.2. The third-order valence-corrected chi connectivity index (χ3v) is 2.99. The van der Waals surface area contributed by atoms with E-state index >= 15 is 0 Å². The van der Waals surface area contributed by atoms with E-state index in [1.807, 2.05) is 6.92 Å². The quantitative estimate of drug-likeness (QED) is 0.891. The molecule has 1 aromatic heterocycles. The summed E-state index contributed by atoms with van der Waals surface area (Å²) in [5.74, 6) is 0.0517. The molecule has 0 spiro atoms. The van der Waals surface area contributed by atoms with E-state index in [1.54, 1.807) is 36.4 Å². The molecule has 2 aromatic rings. The maximum atomic E-state index is 11.8. The van der Waals surface area contributed by atoms with Crippen molar-refractivity contribution in [1.29, 1.82) is 0 Å². The summed E-state index contributed by atoms with van der Waals surface area (Å²) in [6.45, 7) is 2.25. The number of hydrogen-bond acceptors (Lipinski definition) is 3. The first-order valence-electron chi connectivity index (χ1n) is 6.51. The van der Waals surface area contributed by atoms with Gasteiger partial charge in [0.2, 0.25) is 5.91 Å². The monoisotopic (exact) mass is 306 g/mol. The van der Waals surface area contributed by atoms with Crippen LogP contribution in [0.3, 0.4) is 0 Å². The van der Waals surface area contributed by atoms with Crippen LogP contribution in [0.1, 0.15) is 17.5 Å². The summed E-state index contributed by atoms with van der Waals surface area (Å²) in [6, 6.07) is 10.4. The smallest absolute Gasteiger partial charge is 0.287 e. The van der Waals surface area contributed by atoms with Crippen LogP contribution >= 0.6 is 11.6 Å². The molecule has 0 aliphatic heterocycles. The van der Waals surface area contributed by atoms with Crippen LogP contribution in [-0.2, 0) is 4.79 Å². The number of hydrogen-bond donors (Lipinski definition) is 2. The molecule has 21 heavy (non-hydrogen) atoms. The minimum atomic E-state index is -0.429. The second kappa shape index (κ2) is 6.95. The van der Waals surface area contributed by atoms with Crippen molar-refractivity contribution < 1.29 is 14.0 Å². The Morgan fingerprint density at radius 2 is 1.81 bits per heavy atom. The molecule has 6 heteroatoms. The van der Waals surface area contributed by atoms with E-state index in [1.165, 1.54) is 0 Å². The van der Waals surface area contributed by atoms with Crippen molar-refractivity contribution in [2.75, 3.05) is 13.1 Å². The molecule has 110 valence electrons. The van der Waals surface area contributed by atoms with Gasteiger partial charge in [-0.15, -0.1) is 0 Å². The molecule has 0 radical (unpaired) electrons. The topological polar surface area (TPSA) is 71.3 Å². The third-order valence-electron chi connectivity index (χ3n) is 2.74. The lowest BCUT2D eigenvalue weighted by molar-refractivity contribution is -0.120. The Morgan fingerprint density at radius 3 is 2.48 bits per heavy atom. The van der Waals surface area contributed by atoms with Gasteiger partial charge in [0.05, 0.1) is 6.54 Å².